The molecule has 0 amide bonds. The van der Waals surface area contributed by atoms with Gasteiger partial charge < -0.3 is 5.32 Å². The van der Waals surface area contributed by atoms with E-state index in [0.717, 1.165) is 22.5 Å². The first-order valence-electron chi connectivity index (χ1n) is 5.29. The van der Waals surface area contributed by atoms with Crippen LogP contribution in [0.3, 0.4) is 0 Å². The highest BCUT2D eigenvalue weighted by Crippen LogP contribution is 2.17. The Labute approximate surface area is 98.1 Å². The zero-order chi connectivity index (χ0) is 11.7. The number of nitrogens with one attached hydrogen (secondary N) is 1. The SMILES string of the molecule is Cn1nccc1Nc1cc2ncccc2cn1. The van der Waals surface area contributed by atoms with Crippen molar-refractivity contribution in [1.29, 1.82) is 0 Å². The molecule has 0 aromatic carbocycles. The second-order valence-corrected chi connectivity index (χ2v) is 3.73. The zero-order valence-electron chi connectivity index (χ0n) is 9.33. The molecule has 0 atom stereocenters. The van der Waals surface area contributed by atoms with Gasteiger partial charge in [0.2, 0.25) is 0 Å². The first-order chi connectivity index (χ1) is 8.33. The van der Waals surface area contributed by atoms with Gasteiger partial charge in [-0.05, 0) is 12.1 Å². The van der Waals surface area contributed by atoms with Gasteiger partial charge in [-0.15, -0.1) is 0 Å². The number of hydrogen-bond acceptors (Lipinski definition) is 4. The van der Waals surface area contributed by atoms with Crippen LogP contribution in [-0.4, -0.2) is 19.7 Å². The van der Waals surface area contributed by atoms with Gasteiger partial charge in [0.15, 0.2) is 0 Å². The summed E-state index contributed by atoms with van der Waals surface area (Å²) in [6.45, 7) is 0. The summed E-state index contributed by atoms with van der Waals surface area (Å²) in [4.78, 5) is 8.62. The molecule has 0 aliphatic carbocycles. The van der Waals surface area contributed by atoms with Crippen molar-refractivity contribution in [1.82, 2.24) is 19.7 Å². The maximum atomic E-state index is 4.33. The van der Waals surface area contributed by atoms with E-state index in [9.17, 15) is 0 Å². The summed E-state index contributed by atoms with van der Waals surface area (Å²) in [7, 11) is 1.88. The maximum absolute atomic E-state index is 4.33. The van der Waals surface area contributed by atoms with E-state index in [1.54, 1.807) is 23.3 Å². The number of nitrogens with zero attached hydrogens (tertiary/aromatic N) is 4. The van der Waals surface area contributed by atoms with E-state index in [0.29, 0.717) is 0 Å². The molecule has 17 heavy (non-hydrogen) atoms. The fourth-order valence-corrected chi connectivity index (χ4v) is 1.66. The molecule has 5 heteroatoms. The molecule has 3 rings (SSSR count). The van der Waals surface area contributed by atoms with Crippen LogP contribution in [-0.2, 0) is 7.05 Å². The summed E-state index contributed by atoms with van der Waals surface area (Å²) >= 11 is 0. The normalized spacial score (nSPS) is 10.6. The average molecular weight is 225 g/mol. The third-order valence-electron chi connectivity index (χ3n) is 2.56. The highest BCUT2D eigenvalue weighted by Gasteiger charge is 2.01. The summed E-state index contributed by atoms with van der Waals surface area (Å²) < 4.78 is 1.75. The molecule has 3 heterocycles. The Morgan fingerprint density at radius 2 is 2.12 bits per heavy atom. The van der Waals surface area contributed by atoms with E-state index >= 15 is 0 Å². The molecule has 0 spiro atoms. The van der Waals surface area contributed by atoms with Crippen molar-refractivity contribution in [2.24, 2.45) is 7.05 Å². The van der Waals surface area contributed by atoms with E-state index in [1.165, 1.54) is 0 Å². The van der Waals surface area contributed by atoms with E-state index in [2.05, 4.69) is 20.4 Å². The Bertz CT molecular complexity index is 659. The highest BCUT2D eigenvalue weighted by molar-refractivity contribution is 5.80. The smallest absolute Gasteiger partial charge is 0.133 e. The van der Waals surface area contributed by atoms with Crippen LogP contribution in [0.5, 0.6) is 0 Å². The monoisotopic (exact) mass is 225 g/mol. The lowest BCUT2D eigenvalue weighted by molar-refractivity contribution is 0.776. The third kappa shape index (κ3) is 1.82. The fourth-order valence-electron chi connectivity index (χ4n) is 1.66. The molecule has 0 bridgehead atoms. The molecule has 0 radical (unpaired) electrons. The van der Waals surface area contributed by atoms with Crippen molar-refractivity contribution in [3.63, 3.8) is 0 Å². The van der Waals surface area contributed by atoms with Gasteiger partial charge in [0.05, 0.1) is 11.7 Å². The van der Waals surface area contributed by atoms with Gasteiger partial charge in [-0.3, -0.25) is 9.67 Å². The summed E-state index contributed by atoms with van der Waals surface area (Å²) in [6, 6.07) is 7.70. The van der Waals surface area contributed by atoms with Gasteiger partial charge >= 0.3 is 0 Å². The molecule has 5 nitrogen and oxygen atoms in total. The Balaban J connectivity index is 1.99. The molecule has 0 unspecified atom stereocenters. The van der Waals surface area contributed by atoms with E-state index < -0.39 is 0 Å². The Hall–Kier alpha value is -2.43. The second kappa shape index (κ2) is 3.86. The Kier molecular flexibility index (Phi) is 2.22. The summed E-state index contributed by atoms with van der Waals surface area (Å²) in [5.74, 6) is 1.66. The van der Waals surface area contributed by atoms with Crippen LogP contribution in [0.15, 0.2) is 42.9 Å². The van der Waals surface area contributed by atoms with Crippen molar-refractivity contribution < 1.29 is 0 Å². The second-order valence-electron chi connectivity index (χ2n) is 3.73. The summed E-state index contributed by atoms with van der Waals surface area (Å²) in [6.07, 6.45) is 5.32. The van der Waals surface area contributed by atoms with Crippen molar-refractivity contribution in [3.05, 3.63) is 42.9 Å². The van der Waals surface area contributed by atoms with Gasteiger partial charge in [0.25, 0.3) is 0 Å². The van der Waals surface area contributed by atoms with Gasteiger partial charge in [-0.2, -0.15) is 5.10 Å². The molecule has 0 aliphatic heterocycles. The van der Waals surface area contributed by atoms with E-state index in [4.69, 9.17) is 0 Å². The van der Waals surface area contributed by atoms with Crippen LogP contribution >= 0.6 is 0 Å². The van der Waals surface area contributed by atoms with Gasteiger partial charge in [0, 0.05) is 37.0 Å². The molecule has 0 saturated carbocycles. The number of rotatable bonds is 2. The van der Waals surface area contributed by atoms with Crippen LogP contribution in [0.25, 0.3) is 10.9 Å². The molecule has 3 aromatic rings. The zero-order valence-corrected chi connectivity index (χ0v) is 9.33. The number of pyridine rings is 2. The minimum atomic E-state index is 0.764. The standard InChI is InChI=1S/C12H11N5/c1-17-12(4-6-15-17)16-11-7-10-9(8-14-11)3-2-5-13-10/h2-8H,1H3,(H,14,16). The predicted molar refractivity (Wildman–Crippen MR) is 66.0 cm³/mol. The van der Waals surface area contributed by atoms with Crippen molar-refractivity contribution in [2.45, 2.75) is 0 Å². The lowest BCUT2D eigenvalue weighted by atomic mass is 10.3. The molecule has 0 aliphatic rings. The lowest BCUT2D eigenvalue weighted by Crippen LogP contribution is -2.00. The maximum Gasteiger partial charge on any atom is 0.133 e. The van der Waals surface area contributed by atoms with Gasteiger partial charge in [-0.1, -0.05) is 0 Å². The Morgan fingerprint density at radius 3 is 2.94 bits per heavy atom. The average Bonchev–Trinajstić information content (AvgIpc) is 2.75. The first-order valence-corrected chi connectivity index (χ1v) is 5.29. The molecule has 1 N–H and O–H groups in total. The van der Waals surface area contributed by atoms with Crippen molar-refractivity contribution in [3.8, 4) is 0 Å². The molecule has 0 fully saturated rings. The van der Waals surface area contributed by atoms with Gasteiger partial charge in [-0.25, -0.2) is 4.98 Å². The molecular weight excluding hydrogens is 214 g/mol. The quantitative estimate of drug-likeness (QED) is 0.725. The van der Waals surface area contributed by atoms with E-state index in [-0.39, 0.29) is 0 Å². The number of aryl methyl sites for hydroxylation is 1. The minimum Gasteiger partial charge on any atom is -0.325 e. The number of hydrogen-bond donors (Lipinski definition) is 1. The Morgan fingerprint density at radius 1 is 1.18 bits per heavy atom. The lowest BCUT2D eigenvalue weighted by Gasteiger charge is -2.05. The predicted octanol–water partition coefficient (Wildman–Crippen LogP) is 2.11. The topological polar surface area (TPSA) is 55.6 Å². The van der Waals surface area contributed by atoms with Crippen molar-refractivity contribution >= 4 is 22.5 Å². The van der Waals surface area contributed by atoms with Crippen LogP contribution in [0, 0.1) is 0 Å². The third-order valence-corrected chi connectivity index (χ3v) is 2.56. The summed E-state index contributed by atoms with van der Waals surface area (Å²) in [5.41, 5.74) is 0.923. The number of aromatic nitrogens is 4. The molecule has 84 valence electrons. The van der Waals surface area contributed by atoms with Crippen LogP contribution < -0.4 is 5.32 Å². The van der Waals surface area contributed by atoms with Gasteiger partial charge in [0.1, 0.15) is 11.6 Å². The number of anilines is 2. The van der Waals surface area contributed by atoms with E-state index in [1.807, 2.05) is 31.3 Å². The fraction of sp³-hybridized carbons (Fsp3) is 0.0833. The molecule has 0 saturated heterocycles. The van der Waals surface area contributed by atoms with Crippen LogP contribution in [0.4, 0.5) is 11.6 Å². The summed E-state index contributed by atoms with van der Waals surface area (Å²) in [5, 5.41) is 8.31. The molecule has 3 aromatic heterocycles. The van der Waals surface area contributed by atoms with Crippen molar-refractivity contribution in [2.75, 3.05) is 5.32 Å². The highest BCUT2D eigenvalue weighted by atomic mass is 15.3. The number of fused-ring (bicyclic) bond motifs is 1. The van der Waals surface area contributed by atoms with Crippen LogP contribution in [0.2, 0.25) is 0 Å². The first kappa shape index (κ1) is 9.77. The van der Waals surface area contributed by atoms with Crippen LogP contribution in [0.1, 0.15) is 0 Å². The molecular formula is C12H11N5. The minimum absolute atomic E-state index is 0.764. The largest absolute Gasteiger partial charge is 0.325 e.